The number of carbonyl (C=O) groups is 2. The summed E-state index contributed by atoms with van der Waals surface area (Å²) in [6, 6.07) is 14.7. The van der Waals surface area contributed by atoms with Crippen molar-refractivity contribution in [2.45, 2.75) is 32.2 Å². The van der Waals surface area contributed by atoms with Gasteiger partial charge in [0, 0.05) is 37.5 Å². The number of imidazole rings is 1. The molecule has 2 amide bonds. The summed E-state index contributed by atoms with van der Waals surface area (Å²) in [5, 5.41) is 6.61. The predicted octanol–water partition coefficient (Wildman–Crippen LogP) is 4.19. The summed E-state index contributed by atoms with van der Waals surface area (Å²) in [5.41, 5.74) is 2.36. The fourth-order valence-electron chi connectivity index (χ4n) is 3.39. The van der Waals surface area contributed by atoms with Crippen molar-refractivity contribution < 1.29 is 9.59 Å². The van der Waals surface area contributed by atoms with E-state index >= 15 is 0 Å². The van der Waals surface area contributed by atoms with Crippen LogP contribution in [0.25, 0.3) is 10.2 Å². The van der Waals surface area contributed by atoms with Crippen LogP contribution in [0.15, 0.2) is 60.9 Å². The van der Waals surface area contributed by atoms with E-state index in [9.17, 15) is 9.59 Å². The second-order valence-electron chi connectivity index (χ2n) is 7.94. The average Bonchev–Trinajstić information content (AvgIpc) is 3.39. The molecule has 0 aliphatic rings. The fraction of sp³-hybridized carbons (Fsp3) is 0.250. The Hall–Kier alpha value is -3.52. The number of aromatic nitrogens is 3. The highest BCUT2D eigenvalue weighted by molar-refractivity contribution is 7.18. The molecule has 0 fully saturated rings. The minimum Gasteiger partial charge on any atom is -0.341 e. The van der Waals surface area contributed by atoms with Crippen molar-refractivity contribution in [3.63, 3.8) is 0 Å². The lowest BCUT2D eigenvalue weighted by Gasteiger charge is -2.19. The van der Waals surface area contributed by atoms with E-state index in [4.69, 9.17) is 0 Å². The topological polar surface area (TPSA) is 88.9 Å². The van der Waals surface area contributed by atoms with E-state index in [-0.39, 0.29) is 6.04 Å². The number of nitrogens with zero attached hydrogens (tertiary/aromatic N) is 3. The van der Waals surface area contributed by atoms with Crippen LogP contribution in [0.3, 0.4) is 0 Å². The third-order valence-corrected chi connectivity index (χ3v) is 6.50. The molecule has 2 heterocycles. The van der Waals surface area contributed by atoms with E-state index in [1.807, 2.05) is 60.3 Å². The van der Waals surface area contributed by atoms with Gasteiger partial charge in [0.25, 0.3) is 0 Å². The lowest BCUT2D eigenvalue weighted by Crippen LogP contribution is -2.38. The molecule has 2 N–H and O–H groups in total. The van der Waals surface area contributed by atoms with Gasteiger partial charge in [0.2, 0.25) is 0 Å². The maximum atomic E-state index is 12.7. The van der Waals surface area contributed by atoms with Crippen molar-refractivity contribution in [1.29, 1.82) is 0 Å². The molecule has 164 valence electrons. The smallest absolute Gasteiger partial charge is 0.313 e. The molecule has 0 unspecified atom stereocenters. The van der Waals surface area contributed by atoms with Crippen LogP contribution >= 0.6 is 11.3 Å². The summed E-state index contributed by atoms with van der Waals surface area (Å²) in [6.07, 6.45) is 4.04. The third-order valence-electron chi connectivity index (χ3n) is 5.18. The van der Waals surface area contributed by atoms with Crippen LogP contribution in [0.4, 0.5) is 5.69 Å². The van der Waals surface area contributed by atoms with Crippen LogP contribution in [0, 0.1) is 0 Å². The van der Waals surface area contributed by atoms with Crippen LogP contribution in [-0.2, 0) is 23.1 Å². The second-order valence-corrected chi connectivity index (χ2v) is 9.00. The van der Waals surface area contributed by atoms with Gasteiger partial charge in [-0.05, 0) is 23.8 Å². The van der Waals surface area contributed by atoms with Crippen molar-refractivity contribution in [2.75, 3.05) is 5.32 Å². The Balaban J connectivity index is 1.48. The Morgan fingerprint density at radius 2 is 1.88 bits per heavy atom. The van der Waals surface area contributed by atoms with Gasteiger partial charge in [0.1, 0.15) is 5.82 Å². The normalized spacial score (nSPS) is 12.1. The van der Waals surface area contributed by atoms with Gasteiger partial charge < -0.3 is 15.2 Å². The first-order chi connectivity index (χ1) is 15.4. The number of fused-ring (bicyclic) bond motifs is 1. The SMILES string of the molecule is CC(C)c1nc2ccc(NC(=O)C(=O)N[C@@H](Cc3nccn3C)c3ccccc3)cc2s1. The number of hydrogen-bond donors (Lipinski definition) is 2. The van der Waals surface area contributed by atoms with Gasteiger partial charge in [-0.1, -0.05) is 44.2 Å². The van der Waals surface area contributed by atoms with Gasteiger partial charge >= 0.3 is 11.8 Å². The quantitative estimate of drug-likeness (QED) is 0.434. The molecule has 0 spiro atoms. The first-order valence-corrected chi connectivity index (χ1v) is 11.3. The molecule has 4 rings (SSSR count). The van der Waals surface area contributed by atoms with E-state index < -0.39 is 11.8 Å². The summed E-state index contributed by atoms with van der Waals surface area (Å²) in [7, 11) is 1.90. The molecular formula is C24H25N5O2S. The summed E-state index contributed by atoms with van der Waals surface area (Å²) in [6.45, 7) is 4.19. The van der Waals surface area contributed by atoms with Crippen molar-refractivity contribution >= 4 is 39.1 Å². The molecule has 0 radical (unpaired) electrons. The summed E-state index contributed by atoms with van der Waals surface area (Å²) in [4.78, 5) is 34.3. The van der Waals surface area contributed by atoms with Crippen LogP contribution in [-0.4, -0.2) is 26.3 Å². The zero-order valence-electron chi connectivity index (χ0n) is 18.2. The molecule has 0 aliphatic heterocycles. The minimum atomic E-state index is -0.710. The van der Waals surface area contributed by atoms with E-state index in [0.29, 0.717) is 18.0 Å². The van der Waals surface area contributed by atoms with Gasteiger partial charge in [0.15, 0.2) is 0 Å². The van der Waals surface area contributed by atoms with Gasteiger partial charge in [-0.3, -0.25) is 9.59 Å². The number of thiazole rings is 1. The van der Waals surface area contributed by atoms with E-state index in [1.165, 1.54) is 0 Å². The highest BCUT2D eigenvalue weighted by Crippen LogP contribution is 2.29. The van der Waals surface area contributed by atoms with Crippen molar-refractivity contribution in [3.8, 4) is 0 Å². The molecule has 2 aromatic carbocycles. The van der Waals surface area contributed by atoms with E-state index in [2.05, 4.69) is 34.4 Å². The number of carbonyl (C=O) groups excluding carboxylic acids is 2. The largest absolute Gasteiger partial charge is 0.341 e. The van der Waals surface area contributed by atoms with Gasteiger partial charge in [-0.25, -0.2) is 9.97 Å². The highest BCUT2D eigenvalue weighted by Gasteiger charge is 2.22. The van der Waals surface area contributed by atoms with Crippen molar-refractivity contribution in [3.05, 3.63) is 77.3 Å². The first kappa shape index (κ1) is 21.7. The third kappa shape index (κ3) is 4.86. The number of amides is 2. The standard InChI is InChI=1S/C24H25N5O2S/c1-15(2)24-28-18-10-9-17(13-20(18)32-24)26-22(30)23(31)27-19(16-7-5-4-6-8-16)14-21-25-11-12-29(21)3/h4-13,15,19H,14H2,1-3H3,(H,26,30)(H,27,31)/t19-/m0/s1. The molecule has 2 aromatic heterocycles. The number of anilines is 1. The number of nitrogens with one attached hydrogen (secondary N) is 2. The summed E-state index contributed by atoms with van der Waals surface area (Å²) < 4.78 is 2.88. The Morgan fingerprint density at radius 1 is 1.09 bits per heavy atom. The van der Waals surface area contributed by atoms with Gasteiger partial charge in [-0.15, -0.1) is 11.3 Å². The molecule has 8 heteroatoms. The predicted molar refractivity (Wildman–Crippen MR) is 127 cm³/mol. The highest BCUT2D eigenvalue weighted by atomic mass is 32.1. The average molecular weight is 448 g/mol. The number of aryl methyl sites for hydroxylation is 1. The molecular weight excluding hydrogens is 422 g/mol. The second kappa shape index (κ2) is 9.32. The molecule has 0 saturated carbocycles. The number of hydrogen-bond acceptors (Lipinski definition) is 5. The maximum absolute atomic E-state index is 12.7. The van der Waals surface area contributed by atoms with Crippen LogP contribution in [0.5, 0.6) is 0 Å². The number of rotatable bonds is 6. The van der Waals surface area contributed by atoms with E-state index in [1.54, 1.807) is 23.6 Å². The maximum Gasteiger partial charge on any atom is 0.313 e. The number of benzene rings is 2. The molecule has 0 saturated heterocycles. The monoisotopic (exact) mass is 447 g/mol. The van der Waals surface area contributed by atoms with Crippen LogP contribution in [0.2, 0.25) is 0 Å². The summed E-state index contributed by atoms with van der Waals surface area (Å²) in [5.74, 6) is -0.250. The molecule has 1 atom stereocenters. The lowest BCUT2D eigenvalue weighted by molar-refractivity contribution is -0.136. The lowest BCUT2D eigenvalue weighted by atomic mass is 10.0. The zero-order chi connectivity index (χ0) is 22.7. The Kier molecular flexibility index (Phi) is 6.32. The molecule has 7 nitrogen and oxygen atoms in total. The fourth-order valence-corrected chi connectivity index (χ4v) is 4.40. The minimum absolute atomic E-state index is 0.338. The van der Waals surface area contributed by atoms with Gasteiger partial charge in [0.05, 0.1) is 21.3 Å². The zero-order valence-corrected chi connectivity index (χ0v) is 19.0. The first-order valence-electron chi connectivity index (χ1n) is 10.4. The van der Waals surface area contributed by atoms with E-state index in [0.717, 1.165) is 26.6 Å². The Labute approximate surface area is 190 Å². The Morgan fingerprint density at radius 3 is 2.56 bits per heavy atom. The van der Waals surface area contributed by atoms with Crippen molar-refractivity contribution in [1.82, 2.24) is 19.9 Å². The summed E-state index contributed by atoms with van der Waals surface area (Å²) >= 11 is 1.59. The molecule has 4 aromatic rings. The molecule has 0 aliphatic carbocycles. The van der Waals surface area contributed by atoms with Crippen LogP contribution < -0.4 is 10.6 Å². The molecule has 32 heavy (non-hydrogen) atoms. The van der Waals surface area contributed by atoms with Crippen molar-refractivity contribution in [2.24, 2.45) is 7.05 Å². The Bertz CT molecular complexity index is 1250. The van der Waals surface area contributed by atoms with Crippen LogP contribution in [0.1, 0.15) is 42.2 Å². The van der Waals surface area contributed by atoms with Gasteiger partial charge in [-0.2, -0.15) is 0 Å². The molecule has 0 bridgehead atoms.